The van der Waals surface area contributed by atoms with Gasteiger partial charge in [-0.25, -0.2) is 4.39 Å². The average molecular weight is 422 g/mol. The highest BCUT2D eigenvalue weighted by Crippen LogP contribution is 2.21. The third-order valence-electron chi connectivity index (χ3n) is 6.05. The summed E-state index contributed by atoms with van der Waals surface area (Å²) < 4.78 is 13.0. The summed E-state index contributed by atoms with van der Waals surface area (Å²) in [6.45, 7) is 1.71. The van der Waals surface area contributed by atoms with Crippen LogP contribution in [0.15, 0.2) is 54.7 Å². The number of rotatable bonds is 7. The maximum atomic E-state index is 13.0. The quantitative estimate of drug-likeness (QED) is 0.609. The number of aromatic amines is 1. The Morgan fingerprint density at radius 1 is 1.10 bits per heavy atom. The summed E-state index contributed by atoms with van der Waals surface area (Å²) in [5.41, 5.74) is 3.22. The molecule has 1 aliphatic heterocycles. The first-order chi connectivity index (χ1) is 15.1. The Morgan fingerprint density at radius 3 is 2.74 bits per heavy atom. The van der Waals surface area contributed by atoms with Gasteiger partial charge < -0.3 is 15.2 Å². The molecule has 0 aliphatic carbocycles. The van der Waals surface area contributed by atoms with Gasteiger partial charge in [0.25, 0.3) is 0 Å². The van der Waals surface area contributed by atoms with Gasteiger partial charge in [-0.2, -0.15) is 0 Å². The van der Waals surface area contributed by atoms with Crippen LogP contribution in [0.2, 0.25) is 0 Å². The van der Waals surface area contributed by atoms with E-state index in [4.69, 9.17) is 0 Å². The molecule has 1 fully saturated rings. The Morgan fingerprint density at radius 2 is 1.90 bits per heavy atom. The molecule has 2 N–H and O–H groups in total. The second kappa shape index (κ2) is 9.77. The van der Waals surface area contributed by atoms with Gasteiger partial charge in [0.15, 0.2) is 0 Å². The number of nitrogens with zero attached hydrogens (tertiary/aromatic N) is 1. The molecule has 5 nitrogen and oxygen atoms in total. The van der Waals surface area contributed by atoms with Gasteiger partial charge in [0.2, 0.25) is 11.8 Å². The Hall–Kier alpha value is -3.15. The molecule has 0 spiro atoms. The number of piperidine rings is 1. The van der Waals surface area contributed by atoms with Crippen LogP contribution in [0.4, 0.5) is 4.39 Å². The molecule has 1 atom stereocenters. The number of amides is 2. The Bertz CT molecular complexity index is 1040. The molecule has 1 aliphatic rings. The number of aromatic nitrogens is 1. The molecule has 0 unspecified atom stereocenters. The SMILES string of the molecule is O=C(NCCc1ccc(F)cc1)[C@@H]1CCCN(C(=O)CCc2c[nH]c3ccccc23)C1. The fraction of sp³-hybridized carbons (Fsp3) is 0.360. The molecule has 2 aromatic carbocycles. The van der Waals surface area contributed by atoms with Gasteiger partial charge in [-0.1, -0.05) is 30.3 Å². The number of benzene rings is 2. The summed E-state index contributed by atoms with van der Waals surface area (Å²) in [6.07, 6.45) is 5.41. The molecule has 0 bridgehead atoms. The van der Waals surface area contributed by atoms with Crippen LogP contribution in [0.25, 0.3) is 10.9 Å². The number of carbonyl (C=O) groups is 2. The van der Waals surface area contributed by atoms with Crippen LogP contribution in [-0.4, -0.2) is 41.3 Å². The summed E-state index contributed by atoms with van der Waals surface area (Å²) in [6, 6.07) is 14.4. The Kier molecular flexibility index (Phi) is 6.65. The maximum absolute atomic E-state index is 13.0. The first-order valence-electron chi connectivity index (χ1n) is 10.9. The van der Waals surface area contributed by atoms with Crippen molar-refractivity contribution in [2.24, 2.45) is 5.92 Å². The number of likely N-dealkylation sites (tertiary alicyclic amines) is 1. The zero-order chi connectivity index (χ0) is 21.6. The van der Waals surface area contributed by atoms with Gasteiger partial charge in [-0.15, -0.1) is 0 Å². The first-order valence-corrected chi connectivity index (χ1v) is 10.9. The Balaban J connectivity index is 1.24. The number of carbonyl (C=O) groups excluding carboxylic acids is 2. The fourth-order valence-corrected chi connectivity index (χ4v) is 4.28. The van der Waals surface area contributed by atoms with Gasteiger partial charge in [0, 0.05) is 43.2 Å². The number of hydrogen-bond donors (Lipinski definition) is 2. The van der Waals surface area contributed by atoms with E-state index in [1.165, 1.54) is 12.1 Å². The van der Waals surface area contributed by atoms with Gasteiger partial charge >= 0.3 is 0 Å². The van der Waals surface area contributed by atoms with Crippen molar-refractivity contribution >= 4 is 22.7 Å². The van der Waals surface area contributed by atoms with Crippen molar-refractivity contribution in [1.82, 2.24) is 15.2 Å². The largest absolute Gasteiger partial charge is 0.361 e. The van der Waals surface area contributed by atoms with Crippen molar-refractivity contribution in [3.63, 3.8) is 0 Å². The highest BCUT2D eigenvalue weighted by atomic mass is 19.1. The predicted molar refractivity (Wildman–Crippen MR) is 119 cm³/mol. The van der Waals surface area contributed by atoms with Crippen LogP contribution < -0.4 is 5.32 Å². The molecule has 4 rings (SSSR count). The minimum Gasteiger partial charge on any atom is -0.361 e. The van der Waals surface area contributed by atoms with Gasteiger partial charge in [0.1, 0.15) is 5.82 Å². The van der Waals surface area contributed by atoms with Crippen molar-refractivity contribution in [2.75, 3.05) is 19.6 Å². The van der Waals surface area contributed by atoms with Crippen LogP contribution in [-0.2, 0) is 22.4 Å². The standard InChI is InChI=1S/C25H28FN3O2/c26-21-10-7-18(8-11-21)13-14-27-25(31)20-4-3-15-29(17-20)24(30)12-9-19-16-28-23-6-2-1-5-22(19)23/h1-2,5-8,10-11,16,20,28H,3-4,9,12-15,17H2,(H,27,31)/t20-/m1/s1. The first kappa shape index (κ1) is 21.1. The number of hydrogen-bond acceptors (Lipinski definition) is 2. The minimum absolute atomic E-state index is 0.00348. The van der Waals surface area contributed by atoms with E-state index in [-0.39, 0.29) is 23.5 Å². The van der Waals surface area contributed by atoms with Crippen molar-refractivity contribution < 1.29 is 14.0 Å². The lowest BCUT2D eigenvalue weighted by molar-refractivity contribution is -0.135. The minimum atomic E-state index is -0.260. The number of aryl methyl sites for hydroxylation is 1. The summed E-state index contributed by atoms with van der Waals surface area (Å²) in [5.74, 6) is -0.325. The van der Waals surface area contributed by atoms with E-state index in [2.05, 4.69) is 16.4 Å². The van der Waals surface area contributed by atoms with Crippen LogP contribution in [0.5, 0.6) is 0 Å². The zero-order valence-electron chi connectivity index (χ0n) is 17.6. The smallest absolute Gasteiger partial charge is 0.224 e. The van der Waals surface area contributed by atoms with E-state index in [0.29, 0.717) is 38.9 Å². The van der Waals surface area contributed by atoms with Gasteiger partial charge in [0.05, 0.1) is 5.92 Å². The molecule has 2 amide bonds. The number of halogens is 1. The molecule has 2 heterocycles. The normalized spacial score (nSPS) is 16.4. The summed E-state index contributed by atoms with van der Waals surface area (Å²) in [4.78, 5) is 30.5. The maximum Gasteiger partial charge on any atom is 0.224 e. The summed E-state index contributed by atoms with van der Waals surface area (Å²) >= 11 is 0. The highest BCUT2D eigenvalue weighted by Gasteiger charge is 2.28. The molecule has 1 aromatic heterocycles. The van der Waals surface area contributed by atoms with Crippen molar-refractivity contribution in [2.45, 2.75) is 32.1 Å². The number of fused-ring (bicyclic) bond motifs is 1. The van der Waals surface area contributed by atoms with Crippen LogP contribution in [0.3, 0.4) is 0 Å². The molecule has 0 radical (unpaired) electrons. The fourth-order valence-electron chi connectivity index (χ4n) is 4.28. The number of nitrogens with one attached hydrogen (secondary N) is 2. The average Bonchev–Trinajstić information content (AvgIpc) is 3.22. The van der Waals surface area contributed by atoms with Gasteiger partial charge in [-0.3, -0.25) is 9.59 Å². The van der Waals surface area contributed by atoms with E-state index in [9.17, 15) is 14.0 Å². The third-order valence-corrected chi connectivity index (χ3v) is 6.05. The lowest BCUT2D eigenvalue weighted by atomic mass is 9.96. The second-order valence-electron chi connectivity index (χ2n) is 8.21. The predicted octanol–water partition coefficient (Wildman–Crippen LogP) is 3.84. The van der Waals surface area contributed by atoms with Crippen LogP contribution >= 0.6 is 0 Å². The monoisotopic (exact) mass is 421 g/mol. The third kappa shape index (κ3) is 5.32. The second-order valence-corrected chi connectivity index (χ2v) is 8.21. The van der Waals surface area contributed by atoms with E-state index in [0.717, 1.165) is 34.9 Å². The van der Waals surface area contributed by atoms with Crippen molar-refractivity contribution in [3.05, 3.63) is 71.7 Å². The molecule has 1 saturated heterocycles. The summed E-state index contributed by atoms with van der Waals surface area (Å²) in [7, 11) is 0. The highest BCUT2D eigenvalue weighted by molar-refractivity contribution is 5.84. The summed E-state index contributed by atoms with van der Waals surface area (Å²) in [5, 5.41) is 4.13. The lowest BCUT2D eigenvalue weighted by Gasteiger charge is -2.32. The molecular weight excluding hydrogens is 393 g/mol. The van der Waals surface area contributed by atoms with Gasteiger partial charge in [-0.05, 0) is 55.0 Å². The van der Waals surface area contributed by atoms with Crippen LogP contribution in [0, 0.1) is 11.7 Å². The van der Waals surface area contributed by atoms with E-state index in [1.54, 1.807) is 12.1 Å². The van der Waals surface area contributed by atoms with Crippen LogP contribution in [0.1, 0.15) is 30.4 Å². The molecule has 0 saturated carbocycles. The number of para-hydroxylation sites is 1. The molecule has 162 valence electrons. The molecular formula is C25H28FN3O2. The van der Waals surface area contributed by atoms with E-state index >= 15 is 0 Å². The lowest BCUT2D eigenvalue weighted by Crippen LogP contribution is -2.45. The molecule has 3 aromatic rings. The van der Waals surface area contributed by atoms with E-state index in [1.807, 2.05) is 29.3 Å². The Labute approximate surface area is 181 Å². The zero-order valence-corrected chi connectivity index (χ0v) is 17.6. The van der Waals surface area contributed by atoms with Crippen molar-refractivity contribution in [3.8, 4) is 0 Å². The molecule has 6 heteroatoms. The number of H-pyrrole nitrogens is 1. The van der Waals surface area contributed by atoms with E-state index < -0.39 is 0 Å². The topological polar surface area (TPSA) is 65.2 Å². The van der Waals surface area contributed by atoms with Crippen molar-refractivity contribution in [1.29, 1.82) is 0 Å². The molecule has 31 heavy (non-hydrogen) atoms.